The van der Waals surface area contributed by atoms with Crippen molar-refractivity contribution in [1.82, 2.24) is 10.2 Å². The third-order valence-electron chi connectivity index (χ3n) is 3.97. The lowest BCUT2D eigenvalue weighted by Gasteiger charge is -2.21. The molecule has 2 rings (SSSR count). The number of rotatable bonds is 9. The SMILES string of the molecule is CCCCN(CC)Cc1c(CNCC)sc2ccccc12. The standard InChI is InChI=1S/C18H28N2S/c1-4-7-12-20(6-3)14-16-15-10-8-9-11-17(15)21-18(16)13-19-5-2/h8-11,19H,4-7,12-14H2,1-3H3. The minimum atomic E-state index is 0.997. The van der Waals surface area contributed by atoms with E-state index < -0.39 is 0 Å². The van der Waals surface area contributed by atoms with Crippen molar-refractivity contribution < 1.29 is 0 Å². The molecule has 1 heterocycles. The lowest BCUT2D eigenvalue weighted by molar-refractivity contribution is 0.276. The van der Waals surface area contributed by atoms with Crippen molar-refractivity contribution in [1.29, 1.82) is 0 Å². The third-order valence-corrected chi connectivity index (χ3v) is 5.19. The van der Waals surface area contributed by atoms with E-state index in [1.807, 2.05) is 11.3 Å². The Bertz CT molecular complexity index is 547. The van der Waals surface area contributed by atoms with Crippen molar-refractivity contribution in [2.24, 2.45) is 0 Å². The molecule has 1 N–H and O–H groups in total. The van der Waals surface area contributed by atoms with E-state index in [0.29, 0.717) is 0 Å². The van der Waals surface area contributed by atoms with Gasteiger partial charge in [0.2, 0.25) is 0 Å². The summed E-state index contributed by atoms with van der Waals surface area (Å²) in [5, 5.41) is 4.94. The Morgan fingerprint density at radius 3 is 2.67 bits per heavy atom. The molecule has 0 radical (unpaired) electrons. The van der Waals surface area contributed by atoms with E-state index in [9.17, 15) is 0 Å². The predicted octanol–water partition coefficient (Wildman–Crippen LogP) is 4.63. The summed E-state index contributed by atoms with van der Waals surface area (Å²) in [5.74, 6) is 0. The van der Waals surface area contributed by atoms with Crippen LogP contribution in [-0.2, 0) is 13.1 Å². The summed E-state index contributed by atoms with van der Waals surface area (Å²) in [6, 6.07) is 8.85. The van der Waals surface area contributed by atoms with Gasteiger partial charge < -0.3 is 5.32 Å². The first-order valence-corrected chi connectivity index (χ1v) is 9.04. The van der Waals surface area contributed by atoms with Crippen molar-refractivity contribution >= 4 is 21.4 Å². The van der Waals surface area contributed by atoms with Gasteiger partial charge in [0.15, 0.2) is 0 Å². The van der Waals surface area contributed by atoms with Gasteiger partial charge in [-0.25, -0.2) is 0 Å². The molecule has 0 spiro atoms. The van der Waals surface area contributed by atoms with E-state index in [0.717, 1.165) is 26.2 Å². The number of fused-ring (bicyclic) bond motifs is 1. The molecule has 0 aliphatic heterocycles. The molecule has 0 amide bonds. The number of nitrogens with one attached hydrogen (secondary N) is 1. The number of unbranched alkanes of at least 4 members (excludes halogenated alkanes) is 1. The first-order valence-electron chi connectivity index (χ1n) is 8.22. The zero-order valence-electron chi connectivity index (χ0n) is 13.6. The fraction of sp³-hybridized carbons (Fsp3) is 0.556. The summed E-state index contributed by atoms with van der Waals surface area (Å²) in [6.07, 6.45) is 2.56. The molecule has 1 aromatic heterocycles. The minimum absolute atomic E-state index is 0.997. The molecule has 0 unspecified atom stereocenters. The maximum absolute atomic E-state index is 3.49. The second kappa shape index (κ2) is 8.52. The van der Waals surface area contributed by atoms with Crippen LogP contribution in [0.15, 0.2) is 24.3 Å². The first-order chi connectivity index (χ1) is 10.3. The number of benzene rings is 1. The lowest BCUT2D eigenvalue weighted by atomic mass is 10.1. The van der Waals surface area contributed by atoms with Gasteiger partial charge in [-0.2, -0.15) is 0 Å². The molecule has 2 nitrogen and oxygen atoms in total. The number of hydrogen-bond acceptors (Lipinski definition) is 3. The highest BCUT2D eigenvalue weighted by Crippen LogP contribution is 2.32. The van der Waals surface area contributed by atoms with Gasteiger partial charge in [0.1, 0.15) is 0 Å². The summed E-state index contributed by atoms with van der Waals surface area (Å²) < 4.78 is 1.42. The van der Waals surface area contributed by atoms with Crippen LogP contribution in [0.1, 0.15) is 44.1 Å². The van der Waals surface area contributed by atoms with Gasteiger partial charge in [-0.3, -0.25) is 4.90 Å². The molecule has 21 heavy (non-hydrogen) atoms. The van der Waals surface area contributed by atoms with Crippen LogP contribution in [0.4, 0.5) is 0 Å². The molecule has 0 fully saturated rings. The topological polar surface area (TPSA) is 15.3 Å². The molecule has 0 atom stereocenters. The van der Waals surface area contributed by atoms with Gasteiger partial charge in [0.25, 0.3) is 0 Å². The van der Waals surface area contributed by atoms with Crippen LogP contribution in [0, 0.1) is 0 Å². The summed E-state index contributed by atoms with van der Waals surface area (Å²) in [7, 11) is 0. The van der Waals surface area contributed by atoms with Gasteiger partial charge in [-0.05, 0) is 43.1 Å². The Balaban J connectivity index is 2.25. The predicted molar refractivity (Wildman–Crippen MR) is 95.1 cm³/mol. The number of nitrogens with zero attached hydrogens (tertiary/aromatic N) is 1. The fourth-order valence-electron chi connectivity index (χ4n) is 2.66. The second-order valence-electron chi connectivity index (χ2n) is 5.50. The molecular formula is C18H28N2S. The lowest BCUT2D eigenvalue weighted by Crippen LogP contribution is -2.24. The van der Waals surface area contributed by atoms with E-state index in [1.165, 1.54) is 39.9 Å². The molecule has 0 saturated carbocycles. The van der Waals surface area contributed by atoms with E-state index in [-0.39, 0.29) is 0 Å². The average molecular weight is 305 g/mol. The van der Waals surface area contributed by atoms with Crippen LogP contribution in [0.2, 0.25) is 0 Å². The number of hydrogen-bond donors (Lipinski definition) is 1. The van der Waals surface area contributed by atoms with E-state index in [4.69, 9.17) is 0 Å². The Morgan fingerprint density at radius 1 is 1.14 bits per heavy atom. The number of thiophene rings is 1. The normalized spacial score (nSPS) is 11.6. The third kappa shape index (κ3) is 4.29. The zero-order valence-corrected chi connectivity index (χ0v) is 14.4. The second-order valence-corrected chi connectivity index (χ2v) is 6.64. The van der Waals surface area contributed by atoms with Crippen LogP contribution < -0.4 is 5.32 Å². The summed E-state index contributed by atoms with van der Waals surface area (Å²) in [5.41, 5.74) is 1.54. The van der Waals surface area contributed by atoms with Gasteiger partial charge >= 0.3 is 0 Å². The average Bonchev–Trinajstić information content (AvgIpc) is 2.87. The summed E-state index contributed by atoms with van der Waals surface area (Å²) in [4.78, 5) is 4.08. The highest BCUT2D eigenvalue weighted by molar-refractivity contribution is 7.19. The van der Waals surface area contributed by atoms with E-state index in [2.05, 4.69) is 55.3 Å². The van der Waals surface area contributed by atoms with Gasteiger partial charge in [-0.15, -0.1) is 11.3 Å². The Hall–Kier alpha value is -0.900. The summed E-state index contributed by atoms with van der Waals surface area (Å²) >= 11 is 1.95. The van der Waals surface area contributed by atoms with E-state index in [1.54, 1.807) is 0 Å². The molecular weight excluding hydrogens is 276 g/mol. The van der Waals surface area contributed by atoms with Crippen LogP contribution in [0.5, 0.6) is 0 Å². The van der Waals surface area contributed by atoms with Crippen molar-refractivity contribution in [3.8, 4) is 0 Å². The zero-order chi connectivity index (χ0) is 15.1. The molecule has 0 aliphatic rings. The highest BCUT2D eigenvalue weighted by atomic mass is 32.1. The largest absolute Gasteiger partial charge is 0.312 e. The highest BCUT2D eigenvalue weighted by Gasteiger charge is 2.14. The van der Waals surface area contributed by atoms with E-state index >= 15 is 0 Å². The molecule has 116 valence electrons. The quantitative estimate of drug-likeness (QED) is 0.726. The van der Waals surface area contributed by atoms with Crippen LogP contribution in [-0.4, -0.2) is 24.5 Å². The Morgan fingerprint density at radius 2 is 1.95 bits per heavy atom. The van der Waals surface area contributed by atoms with Crippen LogP contribution in [0.3, 0.4) is 0 Å². The first kappa shape index (κ1) is 16.5. The van der Waals surface area contributed by atoms with Crippen LogP contribution >= 0.6 is 11.3 Å². The van der Waals surface area contributed by atoms with Gasteiger partial charge in [-0.1, -0.05) is 45.4 Å². The molecule has 1 aromatic carbocycles. The van der Waals surface area contributed by atoms with Crippen molar-refractivity contribution in [2.75, 3.05) is 19.6 Å². The molecule has 0 bridgehead atoms. The van der Waals surface area contributed by atoms with Gasteiger partial charge in [0, 0.05) is 22.7 Å². The molecule has 0 saturated heterocycles. The van der Waals surface area contributed by atoms with Crippen LogP contribution in [0.25, 0.3) is 10.1 Å². The Kier molecular flexibility index (Phi) is 6.68. The molecule has 0 aliphatic carbocycles. The smallest absolute Gasteiger partial charge is 0.0349 e. The van der Waals surface area contributed by atoms with Crippen molar-refractivity contribution in [3.05, 3.63) is 34.7 Å². The fourth-order valence-corrected chi connectivity index (χ4v) is 3.84. The van der Waals surface area contributed by atoms with Crippen molar-refractivity contribution in [3.63, 3.8) is 0 Å². The van der Waals surface area contributed by atoms with Crippen molar-refractivity contribution in [2.45, 2.75) is 46.7 Å². The Labute approximate surface area is 133 Å². The minimum Gasteiger partial charge on any atom is -0.312 e. The molecule has 2 aromatic rings. The molecule has 3 heteroatoms. The maximum atomic E-state index is 3.49. The van der Waals surface area contributed by atoms with Gasteiger partial charge in [0.05, 0.1) is 0 Å². The maximum Gasteiger partial charge on any atom is 0.0349 e. The monoisotopic (exact) mass is 304 g/mol. The summed E-state index contributed by atoms with van der Waals surface area (Å²) in [6.45, 7) is 12.2.